The maximum atomic E-state index is 11.9. The highest BCUT2D eigenvalue weighted by molar-refractivity contribution is 9.11. The van der Waals surface area contributed by atoms with Crippen LogP contribution in [0.15, 0.2) is 27.1 Å². The Morgan fingerprint density at radius 1 is 1.18 bits per heavy atom. The number of aliphatic carboxylic acids is 1. The fourth-order valence-electron chi connectivity index (χ4n) is 1.49. The monoisotopic (exact) mass is 361 g/mol. The van der Waals surface area contributed by atoms with Gasteiger partial charge in [0.05, 0.1) is 0 Å². The predicted octanol–water partition coefficient (Wildman–Crippen LogP) is 2.56. The lowest BCUT2D eigenvalue weighted by atomic mass is 10.2. The first-order chi connectivity index (χ1) is 7.93. The van der Waals surface area contributed by atoms with Crippen LogP contribution >= 0.6 is 31.9 Å². The van der Waals surface area contributed by atoms with Crippen LogP contribution in [0.3, 0.4) is 0 Å². The fraction of sp³-hybridized carbons (Fsp3) is 0.273. The Kier molecular flexibility index (Phi) is 3.27. The summed E-state index contributed by atoms with van der Waals surface area (Å²) in [6.45, 7) is 0. The SMILES string of the molecule is O=C(NC1(C(=O)O)CC1)c1cc(Br)cc(Br)c1. The van der Waals surface area contributed by atoms with Crippen molar-refractivity contribution >= 4 is 43.7 Å². The molecule has 1 fully saturated rings. The summed E-state index contributed by atoms with van der Waals surface area (Å²) in [6.07, 6.45) is 0.979. The number of nitrogens with one attached hydrogen (secondary N) is 1. The quantitative estimate of drug-likeness (QED) is 0.868. The van der Waals surface area contributed by atoms with Gasteiger partial charge in [-0.05, 0) is 31.0 Å². The Hall–Kier alpha value is -0.880. The Balaban J connectivity index is 2.18. The number of benzene rings is 1. The summed E-state index contributed by atoms with van der Waals surface area (Å²) in [5.74, 6) is -1.34. The molecule has 2 rings (SSSR count). The van der Waals surface area contributed by atoms with E-state index >= 15 is 0 Å². The van der Waals surface area contributed by atoms with Crippen molar-refractivity contribution < 1.29 is 14.7 Å². The van der Waals surface area contributed by atoms with Crippen LogP contribution < -0.4 is 5.32 Å². The zero-order valence-corrected chi connectivity index (χ0v) is 11.8. The molecule has 0 unspecified atom stereocenters. The van der Waals surface area contributed by atoms with E-state index in [1.165, 1.54) is 0 Å². The van der Waals surface area contributed by atoms with Gasteiger partial charge in [0.25, 0.3) is 5.91 Å². The van der Waals surface area contributed by atoms with Gasteiger partial charge in [-0.1, -0.05) is 31.9 Å². The average molecular weight is 363 g/mol. The fourth-order valence-corrected chi connectivity index (χ4v) is 2.79. The van der Waals surface area contributed by atoms with E-state index in [-0.39, 0.29) is 5.91 Å². The standard InChI is InChI=1S/C11H9Br2NO3/c12-7-3-6(4-8(13)5-7)9(15)14-11(1-2-11)10(16)17/h3-5H,1-2H2,(H,14,15)(H,16,17). The van der Waals surface area contributed by atoms with Crippen LogP contribution in [0.25, 0.3) is 0 Å². The van der Waals surface area contributed by atoms with Crippen LogP contribution in [-0.4, -0.2) is 22.5 Å². The highest BCUT2D eigenvalue weighted by Crippen LogP contribution is 2.36. The molecular formula is C11H9Br2NO3. The van der Waals surface area contributed by atoms with Crippen LogP contribution in [0.5, 0.6) is 0 Å². The summed E-state index contributed by atoms with van der Waals surface area (Å²) in [5, 5.41) is 11.5. The molecule has 1 aliphatic carbocycles. The molecule has 0 spiro atoms. The second-order valence-electron chi connectivity index (χ2n) is 4.00. The van der Waals surface area contributed by atoms with Crippen molar-refractivity contribution in [2.45, 2.75) is 18.4 Å². The van der Waals surface area contributed by atoms with E-state index in [1.54, 1.807) is 18.2 Å². The molecule has 0 radical (unpaired) electrons. The van der Waals surface area contributed by atoms with Gasteiger partial charge in [-0.15, -0.1) is 0 Å². The highest BCUT2D eigenvalue weighted by atomic mass is 79.9. The Bertz CT molecular complexity index is 477. The van der Waals surface area contributed by atoms with Gasteiger partial charge in [0.2, 0.25) is 0 Å². The van der Waals surface area contributed by atoms with Gasteiger partial charge in [-0.2, -0.15) is 0 Å². The molecular weight excluding hydrogens is 354 g/mol. The summed E-state index contributed by atoms with van der Waals surface area (Å²) in [7, 11) is 0. The summed E-state index contributed by atoms with van der Waals surface area (Å²) >= 11 is 6.56. The average Bonchev–Trinajstić information content (AvgIpc) is 2.97. The van der Waals surface area contributed by atoms with Crippen LogP contribution in [0.2, 0.25) is 0 Å². The van der Waals surface area contributed by atoms with E-state index < -0.39 is 11.5 Å². The van der Waals surface area contributed by atoms with Gasteiger partial charge in [0.1, 0.15) is 5.54 Å². The zero-order valence-electron chi connectivity index (χ0n) is 8.67. The van der Waals surface area contributed by atoms with Crippen molar-refractivity contribution in [2.24, 2.45) is 0 Å². The minimum absolute atomic E-state index is 0.369. The van der Waals surface area contributed by atoms with Gasteiger partial charge in [-0.25, -0.2) is 4.79 Å². The molecule has 0 bridgehead atoms. The molecule has 0 aromatic heterocycles. The molecule has 17 heavy (non-hydrogen) atoms. The molecule has 2 N–H and O–H groups in total. The summed E-state index contributed by atoms with van der Waals surface area (Å²) < 4.78 is 1.52. The number of carboxylic acids is 1. The minimum Gasteiger partial charge on any atom is -0.480 e. The lowest BCUT2D eigenvalue weighted by Crippen LogP contribution is -2.43. The largest absolute Gasteiger partial charge is 0.480 e. The Labute approximate surface area is 115 Å². The molecule has 0 saturated heterocycles. The maximum absolute atomic E-state index is 11.9. The molecule has 1 aliphatic rings. The van der Waals surface area contributed by atoms with E-state index in [0.717, 1.165) is 8.95 Å². The number of carboxylic acid groups (broad SMARTS) is 1. The van der Waals surface area contributed by atoms with E-state index in [2.05, 4.69) is 37.2 Å². The van der Waals surface area contributed by atoms with Crippen molar-refractivity contribution in [1.29, 1.82) is 0 Å². The van der Waals surface area contributed by atoms with Crippen molar-refractivity contribution in [1.82, 2.24) is 5.32 Å². The van der Waals surface area contributed by atoms with Crippen molar-refractivity contribution in [3.8, 4) is 0 Å². The third kappa shape index (κ3) is 2.69. The van der Waals surface area contributed by atoms with Crippen LogP contribution in [-0.2, 0) is 4.79 Å². The lowest BCUT2D eigenvalue weighted by molar-refractivity contribution is -0.140. The molecule has 90 valence electrons. The molecule has 0 atom stereocenters. The highest BCUT2D eigenvalue weighted by Gasteiger charge is 2.51. The molecule has 1 saturated carbocycles. The lowest BCUT2D eigenvalue weighted by Gasteiger charge is -2.12. The molecule has 0 aliphatic heterocycles. The first-order valence-electron chi connectivity index (χ1n) is 4.95. The predicted molar refractivity (Wildman–Crippen MR) is 68.9 cm³/mol. The van der Waals surface area contributed by atoms with Gasteiger partial charge in [-0.3, -0.25) is 4.79 Å². The van der Waals surface area contributed by atoms with Crippen LogP contribution in [0.4, 0.5) is 0 Å². The normalized spacial score (nSPS) is 16.4. The maximum Gasteiger partial charge on any atom is 0.329 e. The molecule has 4 nitrogen and oxygen atoms in total. The third-order valence-corrected chi connectivity index (χ3v) is 3.55. The number of hydrogen-bond donors (Lipinski definition) is 2. The van der Waals surface area contributed by atoms with E-state index in [1.807, 2.05) is 0 Å². The third-order valence-electron chi connectivity index (χ3n) is 2.64. The summed E-state index contributed by atoms with van der Waals surface area (Å²) in [6, 6.07) is 5.11. The number of rotatable bonds is 3. The van der Waals surface area contributed by atoms with Crippen molar-refractivity contribution in [3.05, 3.63) is 32.7 Å². The van der Waals surface area contributed by atoms with Crippen LogP contribution in [0.1, 0.15) is 23.2 Å². The topological polar surface area (TPSA) is 66.4 Å². The van der Waals surface area contributed by atoms with Crippen molar-refractivity contribution in [3.63, 3.8) is 0 Å². The van der Waals surface area contributed by atoms with Crippen LogP contribution in [0, 0.1) is 0 Å². The number of carbonyl (C=O) groups is 2. The number of halogens is 2. The summed E-state index contributed by atoms with van der Waals surface area (Å²) in [5.41, 5.74) is -0.620. The first kappa shape index (κ1) is 12.6. The van der Waals surface area contributed by atoms with E-state index in [9.17, 15) is 9.59 Å². The molecule has 1 amide bonds. The second-order valence-corrected chi connectivity index (χ2v) is 5.83. The number of hydrogen-bond acceptors (Lipinski definition) is 2. The van der Waals surface area contributed by atoms with Crippen molar-refractivity contribution in [2.75, 3.05) is 0 Å². The smallest absolute Gasteiger partial charge is 0.329 e. The molecule has 1 aromatic carbocycles. The van der Waals surface area contributed by atoms with E-state index in [4.69, 9.17) is 5.11 Å². The molecule has 6 heteroatoms. The van der Waals surface area contributed by atoms with Gasteiger partial charge >= 0.3 is 5.97 Å². The zero-order chi connectivity index (χ0) is 12.6. The van der Waals surface area contributed by atoms with Gasteiger partial charge in [0, 0.05) is 14.5 Å². The minimum atomic E-state index is -1.05. The number of amides is 1. The molecule has 0 heterocycles. The second kappa shape index (κ2) is 4.42. The molecule has 1 aromatic rings. The number of carbonyl (C=O) groups excluding carboxylic acids is 1. The first-order valence-corrected chi connectivity index (χ1v) is 6.53. The van der Waals surface area contributed by atoms with Gasteiger partial charge in [0.15, 0.2) is 0 Å². The summed E-state index contributed by atoms with van der Waals surface area (Å²) in [4.78, 5) is 22.8. The van der Waals surface area contributed by atoms with E-state index in [0.29, 0.717) is 18.4 Å². The van der Waals surface area contributed by atoms with Gasteiger partial charge < -0.3 is 10.4 Å². The Morgan fingerprint density at radius 2 is 1.71 bits per heavy atom. The Morgan fingerprint density at radius 3 is 2.12 bits per heavy atom.